The van der Waals surface area contributed by atoms with Crippen molar-refractivity contribution in [3.63, 3.8) is 0 Å². The molecular weight excluding hydrogens is 453 g/mol. The van der Waals surface area contributed by atoms with Crippen molar-refractivity contribution in [3.8, 4) is 0 Å². The van der Waals surface area contributed by atoms with Gasteiger partial charge in [-0.05, 0) is 50.1 Å². The van der Waals surface area contributed by atoms with Crippen molar-refractivity contribution in [2.24, 2.45) is 0 Å². The highest BCUT2D eigenvalue weighted by molar-refractivity contribution is 5.96. The molecule has 1 aromatic heterocycles. The van der Waals surface area contributed by atoms with Gasteiger partial charge in [0.25, 0.3) is 5.91 Å². The first-order valence-corrected chi connectivity index (χ1v) is 12.9. The van der Waals surface area contributed by atoms with Gasteiger partial charge in [-0.3, -0.25) is 4.79 Å². The molecule has 0 bridgehead atoms. The van der Waals surface area contributed by atoms with E-state index in [2.05, 4.69) is 51.4 Å². The first-order chi connectivity index (χ1) is 17.5. The number of piperazine rings is 1. The number of nitrogens with zero attached hydrogens (tertiary/aromatic N) is 4. The van der Waals surface area contributed by atoms with E-state index < -0.39 is 0 Å². The molecule has 5 rings (SSSR count). The maximum Gasteiger partial charge on any atom is 0.255 e. The van der Waals surface area contributed by atoms with Gasteiger partial charge in [-0.15, -0.1) is 0 Å². The molecular formula is C29H34FN5O. The van der Waals surface area contributed by atoms with Crippen LogP contribution in [0.15, 0.2) is 60.8 Å². The molecule has 1 saturated heterocycles. The fraction of sp³-hybridized carbons (Fsp3) is 0.414. The van der Waals surface area contributed by atoms with E-state index in [4.69, 9.17) is 4.98 Å². The second kappa shape index (κ2) is 10.3. The fourth-order valence-electron chi connectivity index (χ4n) is 5.57. The predicted octanol–water partition coefficient (Wildman–Crippen LogP) is 4.72. The number of anilines is 1. The average molecular weight is 488 g/mol. The lowest BCUT2D eigenvalue weighted by atomic mass is 9.74. The van der Waals surface area contributed by atoms with Gasteiger partial charge in [0, 0.05) is 37.8 Å². The number of carbonyl (C=O) groups is 1. The van der Waals surface area contributed by atoms with Crippen molar-refractivity contribution in [3.05, 3.63) is 89.0 Å². The Balaban J connectivity index is 1.54. The lowest BCUT2D eigenvalue weighted by molar-refractivity contribution is 0.0936. The van der Waals surface area contributed by atoms with E-state index in [1.165, 1.54) is 17.7 Å². The van der Waals surface area contributed by atoms with Crippen molar-refractivity contribution >= 4 is 11.9 Å². The van der Waals surface area contributed by atoms with E-state index in [0.29, 0.717) is 11.5 Å². The Morgan fingerprint density at radius 2 is 1.67 bits per heavy atom. The standard InChI is InChI=1S/C29H34FN5O/c1-21(22-10-12-24(30)13-11-22)32-27(36)25-20-31-28(35-18-16-34(2)17-19-35)33-26(25)29(14-6-7-15-29)23-8-4-3-5-9-23/h3-5,8-13,20-21H,6-7,14-19H2,1-2H3,(H,32,36). The zero-order valence-corrected chi connectivity index (χ0v) is 21.1. The van der Waals surface area contributed by atoms with Crippen LogP contribution in [-0.4, -0.2) is 54.0 Å². The van der Waals surface area contributed by atoms with Gasteiger partial charge in [0.15, 0.2) is 0 Å². The summed E-state index contributed by atoms with van der Waals surface area (Å²) in [5, 5.41) is 3.11. The molecule has 3 aromatic rings. The molecule has 188 valence electrons. The van der Waals surface area contributed by atoms with Gasteiger partial charge in [0.2, 0.25) is 5.95 Å². The molecule has 2 aromatic carbocycles. The molecule has 1 amide bonds. The number of benzene rings is 2. The Morgan fingerprint density at radius 1 is 1.00 bits per heavy atom. The molecule has 2 aliphatic rings. The second-order valence-corrected chi connectivity index (χ2v) is 10.1. The van der Waals surface area contributed by atoms with Crippen molar-refractivity contribution in [2.75, 3.05) is 38.1 Å². The predicted molar refractivity (Wildman–Crippen MR) is 140 cm³/mol. The summed E-state index contributed by atoms with van der Waals surface area (Å²) in [5.41, 5.74) is 3.06. The first kappa shape index (κ1) is 24.4. The minimum atomic E-state index is -0.322. The number of likely N-dealkylation sites (N-methyl/N-ethyl adjacent to an activating group) is 1. The van der Waals surface area contributed by atoms with Gasteiger partial charge in [0.1, 0.15) is 5.82 Å². The largest absolute Gasteiger partial charge is 0.345 e. The van der Waals surface area contributed by atoms with Crippen molar-refractivity contribution in [2.45, 2.75) is 44.1 Å². The number of aromatic nitrogens is 2. The number of nitrogens with one attached hydrogen (secondary N) is 1. The normalized spacial score (nSPS) is 18.7. The molecule has 1 aliphatic heterocycles. The highest BCUT2D eigenvalue weighted by atomic mass is 19.1. The highest BCUT2D eigenvalue weighted by Crippen LogP contribution is 2.47. The zero-order chi connectivity index (χ0) is 25.1. The molecule has 7 heteroatoms. The lowest BCUT2D eigenvalue weighted by Gasteiger charge is -2.35. The number of rotatable bonds is 6. The van der Waals surface area contributed by atoms with Gasteiger partial charge in [-0.25, -0.2) is 14.4 Å². The van der Waals surface area contributed by atoms with Crippen LogP contribution in [0, 0.1) is 5.82 Å². The van der Waals surface area contributed by atoms with Crippen LogP contribution in [0.25, 0.3) is 0 Å². The SMILES string of the molecule is CC(NC(=O)c1cnc(N2CCN(C)CC2)nc1C1(c2ccccc2)CCCC1)c1ccc(F)cc1. The van der Waals surface area contributed by atoms with Crippen LogP contribution < -0.4 is 10.2 Å². The van der Waals surface area contributed by atoms with Crippen LogP contribution in [0.3, 0.4) is 0 Å². The van der Waals surface area contributed by atoms with Gasteiger partial charge >= 0.3 is 0 Å². The third-order valence-electron chi connectivity index (χ3n) is 7.76. The van der Waals surface area contributed by atoms with E-state index in [9.17, 15) is 9.18 Å². The Kier molecular flexibility index (Phi) is 7.01. The van der Waals surface area contributed by atoms with Crippen molar-refractivity contribution in [1.82, 2.24) is 20.2 Å². The van der Waals surface area contributed by atoms with Crippen LogP contribution in [0.2, 0.25) is 0 Å². The second-order valence-electron chi connectivity index (χ2n) is 10.1. The number of halogens is 1. The van der Waals surface area contributed by atoms with Gasteiger partial charge in [-0.1, -0.05) is 55.3 Å². The maximum atomic E-state index is 13.7. The molecule has 2 fully saturated rings. The monoisotopic (exact) mass is 487 g/mol. The maximum absolute atomic E-state index is 13.7. The number of hydrogen-bond acceptors (Lipinski definition) is 5. The Hall–Kier alpha value is -3.32. The van der Waals surface area contributed by atoms with Crippen LogP contribution in [-0.2, 0) is 5.41 Å². The van der Waals surface area contributed by atoms with Crippen molar-refractivity contribution < 1.29 is 9.18 Å². The van der Waals surface area contributed by atoms with E-state index in [1.807, 2.05) is 13.0 Å². The summed E-state index contributed by atoms with van der Waals surface area (Å²) in [4.78, 5) is 28.1. The van der Waals surface area contributed by atoms with E-state index in [1.54, 1.807) is 18.3 Å². The van der Waals surface area contributed by atoms with Crippen LogP contribution >= 0.6 is 0 Å². The smallest absolute Gasteiger partial charge is 0.255 e. The highest BCUT2D eigenvalue weighted by Gasteiger charge is 2.42. The van der Waals surface area contributed by atoms with Gasteiger partial charge < -0.3 is 15.1 Å². The minimum absolute atomic E-state index is 0.200. The first-order valence-electron chi connectivity index (χ1n) is 12.9. The minimum Gasteiger partial charge on any atom is -0.345 e. The number of carbonyl (C=O) groups excluding carboxylic acids is 1. The van der Waals surface area contributed by atoms with Gasteiger partial charge in [-0.2, -0.15) is 0 Å². The van der Waals surface area contributed by atoms with E-state index in [0.717, 1.165) is 63.1 Å². The molecule has 0 spiro atoms. The molecule has 1 N–H and O–H groups in total. The lowest BCUT2D eigenvalue weighted by Crippen LogP contribution is -2.45. The summed E-state index contributed by atoms with van der Waals surface area (Å²) in [6.45, 7) is 5.55. The summed E-state index contributed by atoms with van der Waals surface area (Å²) in [6, 6.07) is 16.4. The van der Waals surface area contributed by atoms with Crippen LogP contribution in [0.5, 0.6) is 0 Å². The molecule has 36 heavy (non-hydrogen) atoms. The number of amides is 1. The van der Waals surface area contributed by atoms with Crippen LogP contribution in [0.4, 0.5) is 10.3 Å². The molecule has 2 heterocycles. The van der Waals surface area contributed by atoms with Gasteiger partial charge in [0.05, 0.1) is 17.3 Å². The molecule has 1 aliphatic carbocycles. The Bertz CT molecular complexity index is 1190. The summed E-state index contributed by atoms with van der Waals surface area (Å²) in [7, 11) is 2.13. The summed E-state index contributed by atoms with van der Waals surface area (Å²) in [5.74, 6) is 0.205. The molecule has 1 atom stereocenters. The van der Waals surface area contributed by atoms with Crippen molar-refractivity contribution in [1.29, 1.82) is 0 Å². The summed E-state index contributed by atoms with van der Waals surface area (Å²) >= 11 is 0. The fourth-order valence-corrected chi connectivity index (χ4v) is 5.57. The average Bonchev–Trinajstić information content (AvgIpc) is 3.41. The quantitative estimate of drug-likeness (QED) is 0.545. The third kappa shape index (κ3) is 4.85. The van der Waals surface area contributed by atoms with Crippen LogP contribution in [0.1, 0.15) is 65.8 Å². The zero-order valence-electron chi connectivity index (χ0n) is 21.1. The summed E-state index contributed by atoms with van der Waals surface area (Å²) in [6.07, 6.45) is 5.80. The molecule has 1 unspecified atom stereocenters. The summed E-state index contributed by atoms with van der Waals surface area (Å²) < 4.78 is 13.4. The number of hydrogen-bond donors (Lipinski definition) is 1. The Labute approximate surface area is 212 Å². The molecule has 1 saturated carbocycles. The molecule has 6 nitrogen and oxygen atoms in total. The topological polar surface area (TPSA) is 61.4 Å². The van der Waals surface area contributed by atoms with E-state index >= 15 is 0 Å². The molecule has 0 radical (unpaired) electrons. The van der Waals surface area contributed by atoms with E-state index in [-0.39, 0.29) is 23.2 Å². The Morgan fingerprint density at radius 3 is 2.33 bits per heavy atom. The third-order valence-corrected chi connectivity index (χ3v) is 7.76.